The van der Waals surface area contributed by atoms with Gasteiger partial charge in [-0.1, -0.05) is 47.0 Å². The largest absolute Gasteiger partial charge is 0.637 e. The zero-order valence-electron chi connectivity index (χ0n) is 11.7. The van der Waals surface area contributed by atoms with Gasteiger partial charge in [-0.05, 0) is 24.7 Å². The van der Waals surface area contributed by atoms with Crippen molar-refractivity contribution in [3.63, 3.8) is 0 Å². The van der Waals surface area contributed by atoms with Crippen LogP contribution in [0.2, 0.25) is 0 Å². The van der Waals surface area contributed by atoms with Crippen molar-refractivity contribution >= 4 is 7.32 Å². The van der Waals surface area contributed by atoms with Crippen molar-refractivity contribution in [3.8, 4) is 0 Å². The van der Waals surface area contributed by atoms with Crippen LogP contribution in [0, 0.1) is 11.8 Å². The predicted octanol–water partition coefficient (Wildman–Crippen LogP) is 3.01. The molecule has 4 heteroatoms. The average molecular weight is 242 g/mol. The van der Waals surface area contributed by atoms with Gasteiger partial charge in [0.15, 0.2) is 0 Å². The van der Waals surface area contributed by atoms with Crippen molar-refractivity contribution in [1.29, 1.82) is 0 Å². The summed E-state index contributed by atoms with van der Waals surface area (Å²) in [5.74, 6) is 1.14. The van der Waals surface area contributed by atoms with Crippen LogP contribution in [0.15, 0.2) is 0 Å². The summed E-state index contributed by atoms with van der Waals surface area (Å²) >= 11 is 0. The second-order valence-corrected chi connectivity index (χ2v) is 5.49. The molecule has 1 saturated heterocycles. The van der Waals surface area contributed by atoms with E-state index in [9.17, 15) is 5.02 Å². The summed E-state index contributed by atoms with van der Waals surface area (Å²) in [6.45, 7) is 8.80. The summed E-state index contributed by atoms with van der Waals surface area (Å²) < 4.78 is 10.9. The van der Waals surface area contributed by atoms with Gasteiger partial charge in [0.1, 0.15) is 0 Å². The minimum atomic E-state index is -1.03. The first-order valence-corrected chi connectivity index (χ1v) is 7.05. The van der Waals surface area contributed by atoms with Gasteiger partial charge in [-0.2, -0.15) is 0 Å². The van der Waals surface area contributed by atoms with E-state index in [1.165, 1.54) is 12.8 Å². The normalized spacial score (nSPS) is 29.1. The van der Waals surface area contributed by atoms with Crippen LogP contribution in [0.5, 0.6) is 0 Å². The van der Waals surface area contributed by atoms with Crippen LogP contribution in [-0.2, 0) is 9.31 Å². The molecule has 1 fully saturated rings. The second-order valence-electron chi connectivity index (χ2n) is 5.49. The van der Waals surface area contributed by atoms with E-state index in [2.05, 4.69) is 27.7 Å². The fourth-order valence-corrected chi connectivity index (χ4v) is 2.56. The van der Waals surface area contributed by atoms with Gasteiger partial charge in [0.2, 0.25) is 0 Å². The molecule has 0 bridgehead atoms. The first-order valence-electron chi connectivity index (χ1n) is 7.05. The smallest absolute Gasteiger partial charge is 0.402 e. The summed E-state index contributed by atoms with van der Waals surface area (Å²) in [4.78, 5) is 0. The monoisotopic (exact) mass is 242 g/mol. The lowest BCUT2D eigenvalue weighted by Crippen LogP contribution is -2.44. The van der Waals surface area contributed by atoms with Gasteiger partial charge in [0, 0.05) is 6.10 Å². The zero-order chi connectivity index (χ0) is 12.8. The maximum absolute atomic E-state index is 9.59. The highest BCUT2D eigenvalue weighted by Crippen LogP contribution is 2.27. The highest BCUT2D eigenvalue weighted by molar-refractivity contribution is 6.34. The molecule has 1 N–H and O–H groups in total. The van der Waals surface area contributed by atoms with E-state index in [0.29, 0.717) is 11.8 Å². The van der Waals surface area contributed by atoms with Crippen LogP contribution in [0.4, 0.5) is 0 Å². The Bertz CT molecular complexity index is 213. The molecule has 0 saturated carbocycles. The van der Waals surface area contributed by atoms with Crippen molar-refractivity contribution in [1.82, 2.24) is 0 Å². The lowest BCUT2D eigenvalue weighted by atomic mass is 9.88. The Morgan fingerprint density at radius 1 is 1.29 bits per heavy atom. The van der Waals surface area contributed by atoms with Gasteiger partial charge in [-0.25, -0.2) is 0 Å². The maximum atomic E-state index is 9.59. The van der Waals surface area contributed by atoms with Crippen LogP contribution in [0.3, 0.4) is 0 Å². The van der Waals surface area contributed by atoms with E-state index >= 15 is 0 Å². The van der Waals surface area contributed by atoms with Crippen LogP contribution < -0.4 is 0 Å². The molecule has 3 nitrogen and oxygen atoms in total. The molecule has 4 unspecified atom stereocenters. The van der Waals surface area contributed by atoms with E-state index < -0.39 is 7.32 Å². The van der Waals surface area contributed by atoms with Crippen molar-refractivity contribution in [2.75, 3.05) is 0 Å². The molecular weight excluding hydrogens is 215 g/mol. The van der Waals surface area contributed by atoms with Gasteiger partial charge >= 0.3 is 7.32 Å². The Labute approximate surface area is 106 Å². The summed E-state index contributed by atoms with van der Waals surface area (Å²) in [6.07, 6.45) is 5.75. The Hall–Kier alpha value is -0.0551. The second kappa shape index (κ2) is 7.40. The van der Waals surface area contributed by atoms with E-state index in [-0.39, 0.29) is 12.2 Å². The van der Waals surface area contributed by atoms with Crippen molar-refractivity contribution in [3.05, 3.63) is 0 Å². The topological polar surface area (TPSA) is 38.7 Å². The SMILES string of the molecule is CCCC(C)CC1CC(C(C)CC)OB(O)O1. The van der Waals surface area contributed by atoms with Gasteiger partial charge in [-0.15, -0.1) is 0 Å². The first-order chi connectivity index (χ1) is 8.06. The minimum Gasteiger partial charge on any atom is -0.402 e. The molecule has 0 amide bonds. The molecule has 1 aliphatic heterocycles. The summed E-state index contributed by atoms with van der Waals surface area (Å²) in [5, 5.41) is 9.59. The van der Waals surface area contributed by atoms with Crippen molar-refractivity contribution < 1.29 is 14.3 Å². The number of hydrogen-bond donors (Lipinski definition) is 1. The van der Waals surface area contributed by atoms with Crippen molar-refractivity contribution in [2.45, 2.75) is 72.0 Å². The first kappa shape index (κ1) is 15.0. The fourth-order valence-electron chi connectivity index (χ4n) is 2.56. The molecule has 0 aliphatic carbocycles. The third-order valence-corrected chi connectivity index (χ3v) is 3.82. The van der Waals surface area contributed by atoms with Gasteiger partial charge in [-0.3, -0.25) is 0 Å². The Morgan fingerprint density at radius 2 is 2.00 bits per heavy atom. The molecule has 1 aliphatic rings. The average Bonchev–Trinajstić information content (AvgIpc) is 2.27. The van der Waals surface area contributed by atoms with E-state index in [1.807, 2.05) is 0 Å². The molecule has 100 valence electrons. The molecule has 1 rings (SSSR count). The number of hydrogen-bond acceptors (Lipinski definition) is 3. The Kier molecular flexibility index (Phi) is 6.53. The lowest BCUT2D eigenvalue weighted by Gasteiger charge is -2.35. The molecular formula is C13H27BO3. The van der Waals surface area contributed by atoms with Crippen LogP contribution in [-0.4, -0.2) is 24.6 Å². The fraction of sp³-hybridized carbons (Fsp3) is 1.00. The van der Waals surface area contributed by atoms with Crippen LogP contribution >= 0.6 is 0 Å². The molecule has 0 radical (unpaired) electrons. The van der Waals surface area contributed by atoms with Gasteiger partial charge in [0.25, 0.3) is 0 Å². The van der Waals surface area contributed by atoms with E-state index in [0.717, 1.165) is 19.3 Å². The zero-order valence-corrected chi connectivity index (χ0v) is 11.7. The van der Waals surface area contributed by atoms with Gasteiger partial charge < -0.3 is 14.3 Å². The Morgan fingerprint density at radius 3 is 2.59 bits per heavy atom. The summed E-state index contributed by atoms with van der Waals surface area (Å²) in [6, 6.07) is 0. The molecule has 0 aromatic heterocycles. The quantitative estimate of drug-likeness (QED) is 0.727. The highest BCUT2D eigenvalue weighted by Gasteiger charge is 2.36. The third-order valence-electron chi connectivity index (χ3n) is 3.82. The lowest BCUT2D eigenvalue weighted by molar-refractivity contribution is -0.0452. The highest BCUT2D eigenvalue weighted by atomic mass is 16.7. The molecule has 17 heavy (non-hydrogen) atoms. The standard InChI is InChI=1S/C13H27BO3/c1-5-7-10(3)8-12-9-13(11(4)6-2)17-14(15)16-12/h10-13,15H,5-9H2,1-4H3. The Balaban J connectivity index is 2.44. The summed E-state index contributed by atoms with van der Waals surface area (Å²) in [5.41, 5.74) is 0. The molecule has 4 atom stereocenters. The molecule has 0 aromatic rings. The van der Waals surface area contributed by atoms with Crippen LogP contribution in [0.25, 0.3) is 0 Å². The van der Waals surface area contributed by atoms with Crippen molar-refractivity contribution in [2.24, 2.45) is 11.8 Å². The third kappa shape index (κ3) is 4.98. The molecule has 1 heterocycles. The minimum absolute atomic E-state index is 0.141. The van der Waals surface area contributed by atoms with E-state index in [4.69, 9.17) is 9.31 Å². The van der Waals surface area contributed by atoms with Crippen LogP contribution in [0.1, 0.15) is 59.8 Å². The molecule has 0 aromatic carbocycles. The van der Waals surface area contributed by atoms with Gasteiger partial charge in [0.05, 0.1) is 6.10 Å². The summed E-state index contributed by atoms with van der Waals surface area (Å²) in [7, 11) is -1.03. The van der Waals surface area contributed by atoms with E-state index in [1.54, 1.807) is 0 Å². The number of rotatable bonds is 6. The maximum Gasteiger partial charge on any atom is 0.637 e. The molecule has 0 spiro atoms. The predicted molar refractivity (Wildman–Crippen MR) is 70.5 cm³/mol.